The fraction of sp³-hybridized carbons (Fsp3) is 0.500. The van der Waals surface area contributed by atoms with Crippen LogP contribution in [0.1, 0.15) is 53.4 Å². The van der Waals surface area contributed by atoms with Gasteiger partial charge in [-0.1, -0.05) is 53.4 Å². The van der Waals surface area contributed by atoms with Crippen LogP contribution in [-0.2, 0) is 20.4 Å². The maximum Gasteiger partial charge on any atom is 0 e. The van der Waals surface area contributed by atoms with Crippen LogP contribution < -0.4 is 0 Å². The van der Waals surface area contributed by atoms with Gasteiger partial charge < -0.3 is 26.3 Å². The predicted molar refractivity (Wildman–Crippen MR) is 76.6 cm³/mol. The van der Waals surface area contributed by atoms with E-state index in [0.717, 1.165) is 25.7 Å². The van der Waals surface area contributed by atoms with Gasteiger partial charge in [0.1, 0.15) is 0 Å². The first-order valence-corrected chi connectivity index (χ1v) is 5.79. The zero-order valence-electron chi connectivity index (χ0n) is 11.8. The minimum Gasteiger partial charge on any atom is -0.518 e. The number of allylic oxidation sites excluding steroid dienone is 4. The molecule has 0 aliphatic heterocycles. The average molecular weight is 327 g/mol. The second-order valence-corrected chi connectivity index (χ2v) is 2.58. The van der Waals surface area contributed by atoms with Crippen molar-refractivity contribution in [3.05, 3.63) is 50.6 Å². The summed E-state index contributed by atoms with van der Waals surface area (Å²) in [5, 5.41) is 0. The van der Waals surface area contributed by atoms with Gasteiger partial charge in [0.25, 0.3) is 0 Å². The molecule has 1 heteroatoms. The summed E-state index contributed by atoms with van der Waals surface area (Å²) in [4.78, 5) is 0. The molecular formula is C16H28Pd-4. The van der Waals surface area contributed by atoms with Gasteiger partial charge in [0.05, 0.1) is 0 Å². The van der Waals surface area contributed by atoms with Crippen LogP contribution in [0.2, 0.25) is 0 Å². The molecule has 0 aliphatic rings. The molecule has 0 fully saturated rings. The molecule has 0 aromatic carbocycles. The van der Waals surface area contributed by atoms with E-state index in [1.165, 1.54) is 0 Å². The smallest absolute Gasteiger partial charge is 0 e. The summed E-state index contributed by atoms with van der Waals surface area (Å²) in [6.45, 7) is 27.6. The van der Waals surface area contributed by atoms with Crippen LogP contribution in [0.5, 0.6) is 0 Å². The molecule has 0 N–H and O–H groups in total. The van der Waals surface area contributed by atoms with Gasteiger partial charge >= 0.3 is 0 Å². The fourth-order valence-corrected chi connectivity index (χ4v) is 0. The van der Waals surface area contributed by atoms with Crippen LogP contribution in [-0.4, -0.2) is 0 Å². The summed E-state index contributed by atoms with van der Waals surface area (Å²) in [7, 11) is 0. The van der Waals surface area contributed by atoms with E-state index in [1.54, 1.807) is 24.3 Å². The summed E-state index contributed by atoms with van der Waals surface area (Å²) >= 11 is 0. The van der Waals surface area contributed by atoms with E-state index in [-0.39, 0.29) is 20.4 Å². The summed E-state index contributed by atoms with van der Waals surface area (Å²) in [5.74, 6) is 0. The van der Waals surface area contributed by atoms with Crippen molar-refractivity contribution in [1.29, 1.82) is 0 Å². The summed E-state index contributed by atoms with van der Waals surface area (Å²) in [5.41, 5.74) is 0. The second kappa shape index (κ2) is 57.5. The third-order valence-electron chi connectivity index (χ3n) is 0.943. The Bertz CT molecular complexity index is 93.5. The molecule has 0 atom stereocenters. The fourth-order valence-electron chi connectivity index (χ4n) is 0. The molecule has 0 aromatic heterocycles. The zero-order chi connectivity index (χ0) is 13.7. The Labute approximate surface area is 124 Å². The largest absolute Gasteiger partial charge is 0.518 e. The molecule has 0 heterocycles. The molecule has 0 amide bonds. The molecule has 0 saturated heterocycles. The van der Waals surface area contributed by atoms with Crippen molar-refractivity contribution in [2.24, 2.45) is 0 Å². The van der Waals surface area contributed by atoms with Crippen LogP contribution in [0.3, 0.4) is 0 Å². The Morgan fingerprint density at radius 3 is 0.588 bits per heavy atom. The van der Waals surface area contributed by atoms with Crippen molar-refractivity contribution < 1.29 is 20.4 Å². The molecule has 0 bridgehead atoms. The molecule has 0 radical (unpaired) electrons. The Hall–Kier alpha value is -0.378. The molecule has 0 unspecified atom stereocenters. The van der Waals surface area contributed by atoms with Crippen LogP contribution in [0.25, 0.3) is 0 Å². The van der Waals surface area contributed by atoms with Gasteiger partial charge in [-0.25, -0.2) is 0 Å². The van der Waals surface area contributed by atoms with Gasteiger partial charge in [-0.2, -0.15) is 0 Å². The van der Waals surface area contributed by atoms with Crippen LogP contribution in [0.15, 0.2) is 24.3 Å². The predicted octanol–water partition coefficient (Wildman–Crippen LogP) is 5.54. The molecule has 0 nitrogen and oxygen atoms in total. The number of hydrogen-bond acceptors (Lipinski definition) is 0. The molecule has 0 aromatic rings. The normalized spacial score (nSPS) is 5.88. The van der Waals surface area contributed by atoms with Crippen molar-refractivity contribution in [3.63, 3.8) is 0 Å². The Morgan fingerprint density at radius 2 is 0.588 bits per heavy atom. The van der Waals surface area contributed by atoms with Crippen molar-refractivity contribution >= 4 is 0 Å². The quantitative estimate of drug-likeness (QED) is 0.470. The van der Waals surface area contributed by atoms with Gasteiger partial charge in [-0.15, -0.1) is 0 Å². The third kappa shape index (κ3) is 221. The first-order valence-electron chi connectivity index (χ1n) is 5.79. The maximum absolute atomic E-state index is 4.90. The molecule has 0 rings (SSSR count). The van der Waals surface area contributed by atoms with Gasteiger partial charge in [0.15, 0.2) is 0 Å². The van der Waals surface area contributed by atoms with E-state index < -0.39 is 0 Å². The second-order valence-electron chi connectivity index (χ2n) is 2.58. The molecule has 17 heavy (non-hydrogen) atoms. The molecule has 0 saturated carbocycles. The minimum atomic E-state index is 0. The SMILES string of the molecule is [CH-]=CCC.[CH-]=CCC.[CH-]=CCC.[CH-]=CCC.[Pd]. The number of hydrogen-bond donors (Lipinski definition) is 0. The summed E-state index contributed by atoms with van der Waals surface area (Å²) < 4.78 is 0. The summed E-state index contributed by atoms with van der Waals surface area (Å²) in [6, 6.07) is 0. The van der Waals surface area contributed by atoms with E-state index >= 15 is 0 Å². The van der Waals surface area contributed by atoms with Crippen molar-refractivity contribution in [2.75, 3.05) is 0 Å². The zero-order valence-corrected chi connectivity index (χ0v) is 13.3. The Balaban J connectivity index is -0.0000000369. The minimum absolute atomic E-state index is 0. The van der Waals surface area contributed by atoms with E-state index in [1.807, 2.05) is 27.7 Å². The third-order valence-corrected chi connectivity index (χ3v) is 0.943. The first kappa shape index (κ1) is 30.0. The molecule has 0 spiro atoms. The van der Waals surface area contributed by atoms with Crippen LogP contribution >= 0.6 is 0 Å². The maximum atomic E-state index is 4.90. The van der Waals surface area contributed by atoms with Crippen molar-refractivity contribution in [3.8, 4) is 0 Å². The van der Waals surface area contributed by atoms with Crippen LogP contribution in [0.4, 0.5) is 0 Å². The molecule has 0 aliphatic carbocycles. The van der Waals surface area contributed by atoms with E-state index in [4.69, 9.17) is 26.3 Å². The van der Waals surface area contributed by atoms with E-state index in [2.05, 4.69) is 0 Å². The van der Waals surface area contributed by atoms with Gasteiger partial charge in [0, 0.05) is 20.4 Å². The molecule has 106 valence electrons. The van der Waals surface area contributed by atoms with Gasteiger partial charge in [-0.3, -0.25) is 24.3 Å². The number of rotatable bonds is 4. The molecular weight excluding hydrogens is 299 g/mol. The standard InChI is InChI=1S/4C4H7.Pd/c4*1-3-4-2;/h4*1,3H,4H2,2H3;/q4*-1;. The first-order chi connectivity index (χ1) is 7.66. The Kier molecular flexibility index (Phi) is 102. The van der Waals surface area contributed by atoms with Gasteiger partial charge in [0.2, 0.25) is 0 Å². The van der Waals surface area contributed by atoms with E-state index in [0.29, 0.717) is 0 Å². The van der Waals surface area contributed by atoms with Crippen molar-refractivity contribution in [2.45, 2.75) is 53.4 Å². The summed E-state index contributed by atoms with van der Waals surface area (Å²) in [6.07, 6.45) is 10.4. The monoisotopic (exact) mass is 326 g/mol. The topological polar surface area (TPSA) is 0 Å². The van der Waals surface area contributed by atoms with Crippen molar-refractivity contribution in [1.82, 2.24) is 0 Å². The van der Waals surface area contributed by atoms with Crippen LogP contribution in [0, 0.1) is 26.3 Å². The Morgan fingerprint density at radius 1 is 0.529 bits per heavy atom. The van der Waals surface area contributed by atoms with Gasteiger partial charge in [-0.05, 0) is 0 Å². The van der Waals surface area contributed by atoms with E-state index in [9.17, 15) is 0 Å². The average Bonchev–Trinajstić information content (AvgIpc) is 2.39.